The van der Waals surface area contributed by atoms with Crippen LogP contribution in [-0.4, -0.2) is 31.8 Å². The van der Waals surface area contributed by atoms with E-state index in [1.165, 1.54) is 12.1 Å². The van der Waals surface area contributed by atoms with Crippen LogP contribution in [0.2, 0.25) is 0 Å². The normalized spacial score (nSPS) is 20.5. The van der Waals surface area contributed by atoms with Crippen molar-refractivity contribution in [3.8, 4) is 5.75 Å². The van der Waals surface area contributed by atoms with Crippen LogP contribution < -0.4 is 15.0 Å². The lowest BCUT2D eigenvalue weighted by Gasteiger charge is -2.34. The van der Waals surface area contributed by atoms with Gasteiger partial charge in [-0.05, 0) is 56.5 Å². The number of ether oxygens (including phenoxy) is 1. The van der Waals surface area contributed by atoms with Crippen LogP contribution in [0.1, 0.15) is 41.0 Å². The molecule has 0 saturated carbocycles. The van der Waals surface area contributed by atoms with Crippen molar-refractivity contribution < 1.29 is 4.74 Å². The van der Waals surface area contributed by atoms with Gasteiger partial charge in [-0.25, -0.2) is 0 Å². The molecule has 0 radical (unpaired) electrons. The Balaban J connectivity index is 2.08. The third-order valence-electron chi connectivity index (χ3n) is 4.02. The maximum atomic E-state index is 5.73. The molecule has 0 aliphatic carbocycles. The van der Waals surface area contributed by atoms with Crippen molar-refractivity contribution >= 4 is 5.69 Å². The Morgan fingerprint density at radius 2 is 1.86 bits per heavy atom. The molecule has 1 aliphatic rings. The highest BCUT2D eigenvalue weighted by atomic mass is 16.5. The smallest absolute Gasteiger partial charge is 0.119 e. The lowest BCUT2D eigenvalue weighted by atomic mass is 9.86. The fourth-order valence-electron chi connectivity index (χ4n) is 2.74. The Bertz CT molecular complexity index is 434. The summed E-state index contributed by atoms with van der Waals surface area (Å²) in [6.45, 7) is 14.3. The van der Waals surface area contributed by atoms with E-state index in [1.54, 1.807) is 0 Å². The first-order valence-electron chi connectivity index (χ1n) is 8.11. The van der Waals surface area contributed by atoms with E-state index >= 15 is 0 Å². The molecule has 1 atom stereocenters. The predicted octanol–water partition coefficient (Wildman–Crippen LogP) is 3.69. The maximum absolute atomic E-state index is 5.73. The Morgan fingerprint density at radius 1 is 1.19 bits per heavy atom. The van der Waals surface area contributed by atoms with E-state index in [0.717, 1.165) is 25.4 Å². The average molecular weight is 290 g/mol. The lowest BCUT2D eigenvalue weighted by molar-refractivity contribution is 0.242. The van der Waals surface area contributed by atoms with Crippen LogP contribution in [-0.2, 0) is 0 Å². The molecule has 3 heteroatoms. The topological polar surface area (TPSA) is 24.5 Å². The van der Waals surface area contributed by atoms with E-state index in [-0.39, 0.29) is 11.5 Å². The summed E-state index contributed by atoms with van der Waals surface area (Å²) in [5.74, 6) is 0.953. The highest BCUT2D eigenvalue weighted by Gasteiger charge is 2.28. The molecular weight excluding hydrogens is 260 g/mol. The highest BCUT2D eigenvalue weighted by Crippen LogP contribution is 2.26. The summed E-state index contributed by atoms with van der Waals surface area (Å²) in [6, 6.07) is 9.05. The number of hydrogen-bond donors (Lipinski definition) is 1. The summed E-state index contributed by atoms with van der Waals surface area (Å²) in [6.07, 6.45) is 1.42. The van der Waals surface area contributed by atoms with Gasteiger partial charge in [0.15, 0.2) is 0 Å². The predicted molar refractivity (Wildman–Crippen MR) is 90.3 cm³/mol. The van der Waals surface area contributed by atoms with Gasteiger partial charge in [0.25, 0.3) is 0 Å². The Morgan fingerprint density at radius 3 is 2.43 bits per heavy atom. The van der Waals surface area contributed by atoms with E-state index < -0.39 is 0 Å². The third kappa shape index (κ3) is 4.63. The molecule has 0 amide bonds. The first kappa shape index (κ1) is 16.2. The van der Waals surface area contributed by atoms with Gasteiger partial charge in [-0.15, -0.1) is 0 Å². The van der Waals surface area contributed by atoms with E-state index in [2.05, 4.69) is 69.1 Å². The molecule has 0 aromatic heterocycles. The zero-order chi connectivity index (χ0) is 15.5. The molecule has 1 heterocycles. The lowest BCUT2D eigenvalue weighted by Crippen LogP contribution is -2.46. The second-order valence-electron chi connectivity index (χ2n) is 7.33. The first-order chi connectivity index (χ1) is 9.86. The molecule has 1 saturated heterocycles. The summed E-state index contributed by atoms with van der Waals surface area (Å²) in [4.78, 5) is 2.50. The van der Waals surface area contributed by atoms with Crippen molar-refractivity contribution in [3.63, 3.8) is 0 Å². The average Bonchev–Trinajstić information content (AvgIpc) is 2.64. The van der Waals surface area contributed by atoms with Gasteiger partial charge in [-0.2, -0.15) is 0 Å². The molecule has 1 aromatic carbocycles. The van der Waals surface area contributed by atoms with Gasteiger partial charge in [0.2, 0.25) is 0 Å². The zero-order valence-corrected chi connectivity index (χ0v) is 14.1. The fourth-order valence-corrected chi connectivity index (χ4v) is 2.74. The van der Waals surface area contributed by atoms with Crippen LogP contribution >= 0.6 is 0 Å². The Kier molecular flexibility index (Phi) is 5.15. The largest absolute Gasteiger partial charge is 0.491 e. The molecule has 1 aromatic rings. The minimum Gasteiger partial charge on any atom is -0.491 e. The number of hydrogen-bond acceptors (Lipinski definition) is 3. The molecule has 1 unspecified atom stereocenters. The Labute approximate surface area is 129 Å². The number of nitrogens with one attached hydrogen (secondary N) is 1. The molecule has 3 nitrogen and oxygen atoms in total. The van der Waals surface area contributed by atoms with E-state index in [4.69, 9.17) is 4.74 Å². The molecule has 118 valence electrons. The van der Waals surface area contributed by atoms with Crippen molar-refractivity contribution in [1.29, 1.82) is 0 Å². The third-order valence-corrected chi connectivity index (χ3v) is 4.02. The van der Waals surface area contributed by atoms with Crippen LogP contribution in [0.3, 0.4) is 0 Å². The van der Waals surface area contributed by atoms with Crippen LogP contribution in [0.4, 0.5) is 5.69 Å². The molecular formula is C18H30N2O. The molecule has 1 aliphatic heterocycles. The number of nitrogens with zero attached hydrogens (tertiary/aromatic N) is 1. The van der Waals surface area contributed by atoms with Crippen molar-refractivity contribution in [2.75, 3.05) is 24.5 Å². The zero-order valence-electron chi connectivity index (χ0n) is 14.1. The quantitative estimate of drug-likeness (QED) is 0.919. The van der Waals surface area contributed by atoms with E-state index in [1.807, 2.05) is 0 Å². The van der Waals surface area contributed by atoms with Gasteiger partial charge in [0.05, 0.1) is 6.10 Å². The fraction of sp³-hybridized carbons (Fsp3) is 0.667. The first-order valence-corrected chi connectivity index (χ1v) is 8.11. The molecule has 21 heavy (non-hydrogen) atoms. The van der Waals surface area contributed by atoms with Gasteiger partial charge in [0.1, 0.15) is 5.75 Å². The van der Waals surface area contributed by atoms with Crippen LogP contribution in [0.25, 0.3) is 0 Å². The van der Waals surface area contributed by atoms with Gasteiger partial charge >= 0.3 is 0 Å². The standard InChI is InChI=1S/C18H30N2O/c1-14(2)21-16-9-7-15(8-10-16)20-12-6-11-19-17(13-20)18(3,4)5/h7-10,14,17,19H,6,11-13H2,1-5H3. The summed E-state index contributed by atoms with van der Waals surface area (Å²) in [5, 5.41) is 3.69. The van der Waals surface area contributed by atoms with Crippen LogP contribution in [0, 0.1) is 5.41 Å². The van der Waals surface area contributed by atoms with Gasteiger partial charge < -0.3 is 15.0 Å². The summed E-state index contributed by atoms with van der Waals surface area (Å²) in [7, 11) is 0. The summed E-state index contributed by atoms with van der Waals surface area (Å²) < 4.78 is 5.73. The van der Waals surface area contributed by atoms with Gasteiger partial charge in [0, 0.05) is 24.8 Å². The second-order valence-corrected chi connectivity index (χ2v) is 7.33. The van der Waals surface area contributed by atoms with Crippen LogP contribution in [0.5, 0.6) is 5.75 Å². The van der Waals surface area contributed by atoms with Gasteiger partial charge in [-0.1, -0.05) is 20.8 Å². The van der Waals surface area contributed by atoms with E-state index in [0.29, 0.717) is 6.04 Å². The SMILES string of the molecule is CC(C)Oc1ccc(N2CCCNC(C(C)(C)C)C2)cc1. The van der Waals surface area contributed by atoms with Crippen molar-refractivity contribution in [2.45, 2.75) is 53.2 Å². The molecule has 0 bridgehead atoms. The highest BCUT2D eigenvalue weighted by molar-refractivity contribution is 5.49. The molecule has 1 fully saturated rings. The number of benzene rings is 1. The monoisotopic (exact) mass is 290 g/mol. The maximum Gasteiger partial charge on any atom is 0.119 e. The molecule has 0 spiro atoms. The summed E-state index contributed by atoms with van der Waals surface area (Å²) >= 11 is 0. The number of rotatable bonds is 3. The minimum atomic E-state index is 0.225. The second kappa shape index (κ2) is 6.69. The van der Waals surface area contributed by atoms with Gasteiger partial charge in [-0.3, -0.25) is 0 Å². The van der Waals surface area contributed by atoms with Crippen molar-refractivity contribution in [2.24, 2.45) is 5.41 Å². The van der Waals surface area contributed by atoms with Crippen LogP contribution in [0.15, 0.2) is 24.3 Å². The number of anilines is 1. The molecule has 2 rings (SSSR count). The van der Waals surface area contributed by atoms with Crippen molar-refractivity contribution in [1.82, 2.24) is 5.32 Å². The van der Waals surface area contributed by atoms with Crippen molar-refractivity contribution in [3.05, 3.63) is 24.3 Å². The Hall–Kier alpha value is -1.22. The minimum absolute atomic E-state index is 0.225. The summed E-state index contributed by atoms with van der Waals surface area (Å²) in [5.41, 5.74) is 1.58. The van der Waals surface area contributed by atoms with E-state index in [9.17, 15) is 0 Å². The molecule has 1 N–H and O–H groups in total.